The van der Waals surface area contributed by atoms with Gasteiger partial charge >= 0.3 is 0 Å². The summed E-state index contributed by atoms with van der Waals surface area (Å²) in [5.74, 6) is 0.509. The maximum Gasteiger partial charge on any atom is 0.239 e. The van der Waals surface area contributed by atoms with Gasteiger partial charge in [0.2, 0.25) is 15.4 Å². The molecular formula is C25H23NO4S. The van der Waals surface area contributed by atoms with Crippen LogP contribution in [-0.4, -0.2) is 15.5 Å². The van der Waals surface area contributed by atoms with Crippen LogP contribution in [0.3, 0.4) is 0 Å². The summed E-state index contributed by atoms with van der Waals surface area (Å²) in [5, 5.41) is 0.616. The summed E-state index contributed by atoms with van der Waals surface area (Å²) in [6, 6.07) is 21.3. The van der Waals surface area contributed by atoms with Crippen LogP contribution >= 0.6 is 0 Å². The highest BCUT2D eigenvalue weighted by molar-refractivity contribution is 7.91. The minimum absolute atomic E-state index is 0.0108. The molecule has 0 spiro atoms. The minimum atomic E-state index is -3.86. The number of sulfone groups is 1. The van der Waals surface area contributed by atoms with Gasteiger partial charge in [-0.2, -0.15) is 0 Å². The Balaban J connectivity index is 2.01. The van der Waals surface area contributed by atoms with Crippen molar-refractivity contribution in [2.45, 2.75) is 30.1 Å². The van der Waals surface area contributed by atoms with E-state index in [9.17, 15) is 8.42 Å². The average molecular weight is 434 g/mol. The van der Waals surface area contributed by atoms with Crippen molar-refractivity contribution in [3.63, 3.8) is 0 Å². The molecule has 4 aromatic rings. The highest BCUT2D eigenvalue weighted by Crippen LogP contribution is 2.28. The summed E-state index contributed by atoms with van der Waals surface area (Å²) in [6.45, 7) is 3.98. The molecule has 1 heterocycles. The van der Waals surface area contributed by atoms with Crippen LogP contribution in [0.1, 0.15) is 18.1 Å². The van der Waals surface area contributed by atoms with Gasteiger partial charge in [-0.15, -0.1) is 0 Å². The quantitative estimate of drug-likeness (QED) is 0.424. The molecule has 0 fully saturated rings. The van der Waals surface area contributed by atoms with Gasteiger partial charge in [0.15, 0.2) is 11.3 Å². The molecule has 0 aliphatic heterocycles. The summed E-state index contributed by atoms with van der Waals surface area (Å²) in [5.41, 5.74) is 3.21. The van der Waals surface area contributed by atoms with E-state index in [0.717, 1.165) is 12.0 Å². The fraction of sp³-hybridized carbons (Fsp3) is 0.160. The summed E-state index contributed by atoms with van der Waals surface area (Å²) >= 11 is 0. The predicted molar refractivity (Wildman–Crippen MR) is 120 cm³/mol. The topological polar surface area (TPSA) is 68.9 Å². The number of nitrogens with zero attached hydrogens (tertiary/aromatic N) is 1. The van der Waals surface area contributed by atoms with Gasteiger partial charge in [-0.3, -0.25) is 0 Å². The van der Waals surface area contributed by atoms with Gasteiger partial charge < -0.3 is 9.15 Å². The third-order valence-electron chi connectivity index (χ3n) is 5.12. The van der Waals surface area contributed by atoms with E-state index in [1.54, 1.807) is 55.6 Å². The van der Waals surface area contributed by atoms with E-state index in [1.807, 2.05) is 31.2 Å². The molecule has 4 rings (SSSR count). The van der Waals surface area contributed by atoms with Crippen molar-refractivity contribution in [2.75, 3.05) is 7.11 Å². The molecule has 0 amide bonds. The first-order chi connectivity index (χ1) is 14.9. The zero-order valence-electron chi connectivity index (χ0n) is 17.6. The van der Waals surface area contributed by atoms with Crippen molar-refractivity contribution in [1.29, 1.82) is 0 Å². The first-order valence-electron chi connectivity index (χ1n) is 9.98. The second-order valence-corrected chi connectivity index (χ2v) is 9.16. The molecule has 0 saturated carbocycles. The number of rotatable bonds is 5. The molecule has 31 heavy (non-hydrogen) atoms. The maximum atomic E-state index is 13.5. The van der Waals surface area contributed by atoms with Gasteiger partial charge in [0, 0.05) is 5.39 Å². The molecule has 6 heteroatoms. The van der Waals surface area contributed by atoms with Crippen LogP contribution < -0.4 is 10.3 Å². The Morgan fingerprint density at radius 1 is 0.968 bits per heavy atom. The number of para-hydroxylation sites is 1. The van der Waals surface area contributed by atoms with Gasteiger partial charge in [0.25, 0.3) is 0 Å². The van der Waals surface area contributed by atoms with Crippen molar-refractivity contribution in [3.8, 4) is 5.75 Å². The Bertz CT molecular complexity index is 1400. The predicted octanol–water partition coefficient (Wildman–Crippen LogP) is 5.38. The fourth-order valence-corrected chi connectivity index (χ4v) is 4.65. The Kier molecular flexibility index (Phi) is 5.65. The van der Waals surface area contributed by atoms with Crippen LogP contribution in [0.15, 0.2) is 92.0 Å². The number of ether oxygens (including phenoxy) is 1. The summed E-state index contributed by atoms with van der Waals surface area (Å²) in [4.78, 5) is 4.75. The number of fused-ring (bicyclic) bond motifs is 1. The maximum absolute atomic E-state index is 13.5. The lowest BCUT2D eigenvalue weighted by atomic mass is 10.1. The lowest BCUT2D eigenvalue weighted by Crippen LogP contribution is -2.16. The van der Waals surface area contributed by atoms with Crippen LogP contribution in [-0.2, 0) is 16.3 Å². The first-order valence-corrected chi connectivity index (χ1v) is 11.5. The molecule has 0 N–H and O–H groups in total. The number of aryl methyl sites for hydroxylation is 2. The van der Waals surface area contributed by atoms with Crippen molar-refractivity contribution in [3.05, 3.63) is 89.5 Å². The Hall–Kier alpha value is -3.38. The van der Waals surface area contributed by atoms with E-state index >= 15 is 0 Å². The highest BCUT2D eigenvalue weighted by atomic mass is 32.2. The average Bonchev–Trinajstić information content (AvgIpc) is 2.79. The van der Waals surface area contributed by atoms with Gasteiger partial charge in [0.05, 0.1) is 17.7 Å². The Morgan fingerprint density at radius 3 is 2.32 bits per heavy atom. The normalized spacial score (nSPS) is 12.3. The SMILES string of the molecule is CCc1ccc(N=c2oc3c(OC)cccc3cc2S(=O)(=O)c2ccc(C)cc2)cc1. The molecule has 0 aliphatic rings. The summed E-state index contributed by atoms with van der Waals surface area (Å²) in [6.07, 6.45) is 0.908. The number of hydrogen-bond acceptors (Lipinski definition) is 5. The lowest BCUT2D eigenvalue weighted by molar-refractivity contribution is 0.404. The van der Waals surface area contributed by atoms with Crippen molar-refractivity contribution < 1.29 is 17.6 Å². The van der Waals surface area contributed by atoms with Crippen molar-refractivity contribution in [1.82, 2.24) is 0 Å². The monoisotopic (exact) mass is 433 g/mol. The molecule has 0 aliphatic carbocycles. The zero-order valence-corrected chi connectivity index (χ0v) is 18.4. The Morgan fingerprint density at radius 2 is 1.68 bits per heavy atom. The van der Waals surface area contributed by atoms with Gasteiger partial charge in [-0.25, -0.2) is 13.4 Å². The van der Waals surface area contributed by atoms with E-state index in [4.69, 9.17) is 9.15 Å². The number of hydrogen-bond donors (Lipinski definition) is 0. The van der Waals surface area contributed by atoms with Crippen LogP contribution in [0.25, 0.3) is 11.0 Å². The molecule has 158 valence electrons. The molecule has 0 atom stereocenters. The minimum Gasteiger partial charge on any atom is -0.493 e. The van der Waals surface area contributed by atoms with E-state index in [2.05, 4.69) is 11.9 Å². The van der Waals surface area contributed by atoms with Crippen LogP contribution in [0.2, 0.25) is 0 Å². The lowest BCUT2D eigenvalue weighted by Gasteiger charge is -2.09. The van der Waals surface area contributed by atoms with E-state index < -0.39 is 9.84 Å². The second-order valence-electron chi connectivity index (χ2n) is 7.24. The van der Waals surface area contributed by atoms with Crippen molar-refractivity contribution >= 4 is 26.5 Å². The van der Waals surface area contributed by atoms with E-state index in [1.165, 1.54) is 5.56 Å². The van der Waals surface area contributed by atoms with Crippen LogP contribution in [0.5, 0.6) is 5.75 Å². The molecule has 0 unspecified atom stereocenters. The number of methoxy groups -OCH3 is 1. The second kappa shape index (κ2) is 8.40. The van der Waals surface area contributed by atoms with Gasteiger partial charge in [0.1, 0.15) is 4.90 Å². The van der Waals surface area contributed by atoms with E-state index in [0.29, 0.717) is 22.4 Å². The highest BCUT2D eigenvalue weighted by Gasteiger charge is 2.23. The fourth-order valence-electron chi connectivity index (χ4n) is 3.30. The van der Waals surface area contributed by atoms with Crippen LogP contribution in [0, 0.1) is 6.92 Å². The van der Waals surface area contributed by atoms with E-state index in [-0.39, 0.29) is 15.3 Å². The zero-order chi connectivity index (χ0) is 22.0. The molecule has 0 radical (unpaired) electrons. The summed E-state index contributed by atoms with van der Waals surface area (Å²) in [7, 11) is -2.32. The number of benzene rings is 3. The first kappa shape index (κ1) is 20.9. The molecule has 3 aromatic carbocycles. The molecule has 5 nitrogen and oxygen atoms in total. The third-order valence-corrected chi connectivity index (χ3v) is 6.89. The molecule has 1 aromatic heterocycles. The standard InChI is InChI=1S/C25H23NO4S/c1-4-18-10-12-20(13-11-18)26-25-23(31(27,28)21-14-8-17(2)9-15-21)16-19-6-5-7-22(29-3)24(19)30-25/h5-16H,4H2,1-3H3. The summed E-state index contributed by atoms with van der Waals surface area (Å²) < 4.78 is 38.4. The third kappa shape index (κ3) is 4.11. The van der Waals surface area contributed by atoms with Gasteiger partial charge in [-0.05, 0) is 55.3 Å². The molecular weight excluding hydrogens is 410 g/mol. The van der Waals surface area contributed by atoms with Crippen molar-refractivity contribution in [2.24, 2.45) is 4.99 Å². The largest absolute Gasteiger partial charge is 0.493 e. The van der Waals surface area contributed by atoms with Crippen LogP contribution in [0.4, 0.5) is 5.69 Å². The van der Waals surface area contributed by atoms with Gasteiger partial charge in [-0.1, -0.05) is 48.9 Å². The molecule has 0 bridgehead atoms. The molecule has 0 saturated heterocycles. The smallest absolute Gasteiger partial charge is 0.239 e. The Labute approximate surface area is 181 Å².